The van der Waals surface area contributed by atoms with E-state index in [4.69, 9.17) is 11.6 Å². The van der Waals surface area contributed by atoms with Crippen LogP contribution >= 0.6 is 11.6 Å². The number of hydrogen-bond donors (Lipinski definition) is 2. The van der Waals surface area contributed by atoms with Crippen molar-refractivity contribution in [1.29, 1.82) is 0 Å². The summed E-state index contributed by atoms with van der Waals surface area (Å²) in [4.78, 5) is 6.37. The van der Waals surface area contributed by atoms with Crippen molar-refractivity contribution in [2.45, 2.75) is 11.2 Å². The maximum absolute atomic E-state index is 12.5. The van der Waals surface area contributed by atoms with E-state index in [1.165, 1.54) is 18.5 Å². The molecule has 0 aliphatic carbocycles. The lowest BCUT2D eigenvalue weighted by molar-refractivity contribution is -0.212. The van der Waals surface area contributed by atoms with Gasteiger partial charge in [-0.15, -0.1) is 13.2 Å². The molecule has 3 rings (SSSR count). The summed E-state index contributed by atoms with van der Waals surface area (Å²) in [5.74, 6) is 0. The number of pyridine rings is 1. The van der Waals surface area contributed by atoms with Gasteiger partial charge in [-0.25, -0.2) is 13.4 Å². The molecule has 0 radical (unpaired) electrons. The van der Waals surface area contributed by atoms with E-state index >= 15 is 0 Å². The lowest BCUT2D eigenvalue weighted by Crippen LogP contribution is -2.17. The van der Waals surface area contributed by atoms with E-state index in [9.17, 15) is 21.6 Å². The molecule has 0 spiro atoms. The Morgan fingerprint density at radius 1 is 1.30 bits per heavy atom. The average molecular weight is 366 g/mol. The first-order chi connectivity index (χ1) is 10.7. The second-order valence-electron chi connectivity index (χ2n) is 4.45. The predicted molar refractivity (Wildman–Crippen MR) is 75.4 cm³/mol. The van der Waals surface area contributed by atoms with E-state index in [0.29, 0.717) is 6.20 Å². The van der Waals surface area contributed by atoms with Gasteiger partial charge in [-0.1, -0.05) is 11.6 Å². The van der Waals surface area contributed by atoms with E-state index in [1.807, 2.05) is 4.72 Å². The fraction of sp³-hybridized carbons (Fsp3) is 0.0909. The van der Waals surface area contributed by atoms with Crippen molar-refractivity contribution in [3.05, 3.63) is 35.9 Å². The number of hydrogen-bond acceptors (Lipinski definition) is 4. The van der Waals surface area contributed by atoms with Crippen LogP contribution in [0.25, 0.3) is 11.0 Å². The Kier molecular flexibility index (Phi) is 3.48. The molecule has 122 valence electrons. The van der Waals surface area contributed by atoms with Crippen LogP contribution in [0.5, 0.6) is 0 Å². The van der Waals surface area contributed by atoms with Crippen molar-refractivity contribution in [3.8, 4) is 0 Å². The maximum Gasteiger partial charge on any atom is 0.504 e. The molecule has 3 aromatic heterocycles. The number of fused-ring (bicyclic) bond motifs is 1. The number of halogens is 4. The number of anilines is 1. The average Bonchev–Trinajstić information content (AvgIpc) is 3.03. The minimum atomic E-state index is -4.73. The molecule has 0 unspecified atom stereocenters. The van der Waals surface area contributed by atoms with Crippen molar-refractivity contribution in [2.24, 2.45) is 0 Å². The summed E-state index contributed by atoms with van der Waals surface area (Å²) >= 11 is 5.78. The van der Waals surface area contributed by atoms with E-state index in [-0.39, 0.29) is 31.3 Å². The van der Waals surface area contributed by atoms with Crippen LogP contribution in [-0.2, 0) is 16.3 Å². The van der Waals surface area contributed by atoms with E-state index in [1.54, 1.807) is 0 Å². The molecular weight excluding hydrogens is 359 g/mol. The normalized spacial score (nSPS) is 12.7. The molecule has 0 saturated carbocycles. The number of sulfonamides is 1. The van der Waals surface area contributed by atoms with E-state index < -0.39 is 16.3 Å². The lowest BCUT2D eigenvalue weighted by Gasteiger charge is -2.06. The molecular formula is C11H7ClF3N5O2S. The Hall–Kier alpha value is -2.27. The Labute approximate surface area is 132 Å². The highest BCUT2D eigenvalue weighted by atomic mass is 35.5. The third-order valence-electron chi connectivity index (χ3n) is 2.84. The molecule has 0 fully saturated rings. The molecule has 0 aromatic carbocycles. The quantitative estimate of drug-likeness (QED) is 0.746. The van der Waals surface area contributed by atoms with Crippen molar-refractivity contribution < 1.29 is 21.6 Å². The second-order valence-corrected chi connectivity index (χ2v) is 6.54. The van der Waals surface area contributed by atoms with Gasteiger partial charge in [0.2, 0.25) is 0 Å². The van der Waals surface area contributed by atoms with Gasteiger partial charge in [-0.2, -0.15) is 9.78 Å². The molecule has 0 amide bonds. The van der Waals surface area contributed by atoms with Gasteiger partial charge in [0.05, 0.1) is 23.1 Å². The number of aromatic amines is 1. The Bertz CT molecular complexity index is 979. The maximum atomic E-state index is 12.5. The van der Waals surface area contributed by atoms with Crippen LogP contribution in [0.4, 0.5) is 18.9 Å². The number of alkyl halides is 3. The van der Waals surface area contributed by atoms with Crippen LogP contribution < -0.4 is 4.72 Å². The smallest absolute Gasteiger partial charge is 0.345 e. The summed E-state index contributed by atoms with van der Waals surface area (Å²) < 4.78 is 63.7. The van der Waals surface area contributed by atoms with E-state index in [0.717, 1.165) is 6.20 Å². The Morgan fingerprint density at radius 2 is 2.04 bits per heavy atom. The van der Waals surface area contributed by atoms with Crippen LogP contribution in [0.1, 0.15) is 0 Å². The first-order valence-corrected chi connectivity index (χ1v) is 7.80. The summed E-state index contributed by atoms with van der Waals surface area (Å²) in [7, 11) is -4.15. The molecule has 0 aliphatic rings. The molecule has 3 heterocycles. The van der Waals surface area contributed by atoms with Gasteiger partial charge in [0, 0.05) is 17.8 Å². The number of nitrogens with zero attached hydrogens (tertiary/aromatic N) is 3. The first-order valence-electron chi connectivity index (χ1n) is 5.94. The molecule has 0 bridgehead atoms. The van der Waals surface area contributed by atoms with Gasteiger partial charge < -0.3 is 4.98 Å². The predicted octanol–water partition coefficient (Wildman–Crippen LogP) is 2.69. The monoisotopic (exact) mass is 365 g/mol. The minimum Gasteiger partial charge on any atom is -0.345 e. The summed E-state index contributed by atoms with van der Waals surface area (Å²) in [5.41, 5.74) is -0.0487. The van der Waals surface area contributed by atoms with Crippen molar-refractivity contribution >= 4 is 38.3 Å². The van der Waals surface area contributed by atoms with Crippen molar-refractivity contribution in [1.82, 2.24) is 19.7 Å². The summed E-state index contributed by atoms with van der Waals surface area (Å²) in [6.07, 6.45) is -0.952. The molecule has 0 atom stereocenters. The summed E-state index contributed by atoms with van der Waals surface area (Å²) in [6, 6.07) is 1.38. The van der Waals surface area contributed by atoms with E-state index in [2.05, 4.69) is 15.1 Å². The molecule has 2 N–H and O–H groups in total. The third kappa shape index (κ3) is 2.97. The van der Waals surface area contributed by atoms with Crippen LogP contribution in [0.3, 0.4) is 0 Å². The van der Waals surface area contributed by atoms with Crippen molar-refractivity contribution in [2.75, 3.05) is 4.72 Å². The number of aromatic nitrogens is 4. The van der Waals surface area contributed by atoms with Gasteiger partial charge in [-0.05, 0) is 6.07 Å². The van der Waals surface area contributed by atoms with Gasteiger partial charge in [0.25, 0.3) is 10.0 Å². The fourth-order valence-corrected chi connectivity index (χ4v) is 3.24. The van der Waals surface area contributed by atoms with Gasteiger partial charge in [0.15, 0.2) is 0 Å². The second kappa shape index (κ2) is 5.13. The molecule has 23 heavy (non-hydrogen) atoms. The highest BCUT2D eigenvalue weighted by molar-refractivity contribution is 7.93. The van der Waals surface area contributed by atoms with Crippen molar-refractivity contribution in [3.63, 3.8) is 0 Å². The molecule has 7 nitrogen and oxygen atoms in total. The Morgan fingerprint density at radius 3 is 2.70 bits per heavy atom. The highest BCUT2D eigenvalue weighted by Crippen LogP contribution is 2.27. The standard InChI is InChI=1S/C11H7ClF3N5O2S/c12-6-1-8-9(4-17-10(8)16-2-6)23(21,22)19-7-3-18-20(5-7)11(13,14)15/h1-5,19H,(H,16,17). The lowest BCUT2D eigenvalue weighted by atomic mass is 10.3. The third-order valence-corrected chi connectivity index (χ3v) is 4.47. The topological polar surface area (TPSA) is 92.7 Å². The van der Waals surface area contributed by atoms with Crippen LogP contribution in [-0.4, -0.2) is 28.2 Å². The Balaban J connectivity index is 1.98. The number of H-pyrrole nitrogens is 1. The zero-order chi connectivity index (χ0) is 16.8. The van der Waals surface area contributed by atoms with Gasteiger partial charge >= 0.3 is 6.30 Å². The summed E-state index contributed by atoms with van der Waals surface area (Å²) in [6.45, 7) is 0. The number of nitrogens with one attached hydrogen (secondary N) is 2. The SMILES string of the molecule is O=S(=O)(Nc1cnn(C(F)(F)F)c1)c1c[nH]c2ncc(Cl)cc12. The molecule has 0 aliphatic heterocycles. The minimum absolute atomic E-state index is 0.192. The summed E-state index contributed by atoms with van der Waals surface area (Å²) in [5, 5.41) is 3.49. The highest BCUT2D eigenvalue weighted by Gasteiger charge is 2.32. The molecule has 0 saturated heterocycles. The zero-order valence-electron chi connectivity index (χ0n) is 11.0. The van der Waals surface area contributed by atoms with Gasteiger partial charge in [-0.3, -0.25) is 4.72 Å². The fourth-order valence-electron chi connectivity index (χ4n) is 1.90. The first kappa shape index (κ1) is 15.6. The van der Waals surface area contributed by atoms with Crippen LogP contribution in [0.2, 0.25) is 5.02 Å². The van der Waals surface area contributed by atoms with Crippen LogP contribution in [0.15, 0.2) is 35.7 Å². The van der Waals surface area contributed by atoms with Crippen LogP contribution in [0, 0.1) is 0 Å². The number of rotatable bonds is 3. The molecule has 3 aromatic rings. The zero-order valence-corrected chi connectivity index (χ0v) is 12.5. The molecule has 12 heteroatoms. The van der Waals surface area contributed by atoms with Gasteiger partial charge in [0.1, 0.15) is 10.5 Å². The largest absolute Gasteiger partial charge is 0.504 e.